The monoisotopic (exact) mass is 271 g/mol. The maximum atomic E-state index is 11.3. The number of benzene rings is 1. The van der Waals surface area contributed by atoms with Crippen molar-refractivity contribution >= 4 is 17.3 Å². The largest absolute Gasteiger partial charge is 0.478 e. The topological polar surface area (TPSA) is 79.5 Å². The van der Waals surface area contributed by atoms with Crippen molar-refractivity contribution in [3.63, 3.8) is 0 Å². The molecule has 1 aromatic heterocycles. The van der Waals surface area contributed by atoms with Crippen LogP contribution >= 0.6 is 0 Å². The highest BCUT2D eigenvalue weighted by Gasteiger charge is 2.14. The molecule has 2 aromatic rings. The number of rotatable bonds is 4. The van der Waals surface area contributed by atoms with Crippen LogP contribution in [0.25, 0.3) is 0 Å². The molecule has 0 fully saturated rings. The highest BCUT2D eigenvalue weighted by atomic mass is 16.4. The lowest BCUT2D eigenvalue weighted by atomic mass is 10.1. The van der Waals surface area contributed by atoms with Gasteiger partial charge in [0.15, 0.2) is 0 Å². The van der Waals surface area contributed by atoms with Crippen molar-refractivity contribution in [1.29, 1.82) is 0 Å². The fraction of sp³-hybridized carbons (Fsp3) is 0.200. The third-order valence-corrected chi connectivity index (χ3v) is 3.01. The predicted octanol–water partition coefficient (Wildman–Crippen LogP) is 2.31. The Balaban J connectivity index is 2.31. The van der Waals surface area contributed by atoms with Crippen LogP contribution in [0.2, 0.25) is 0 Å². The van der Waals surface area contributed by atoms with Crippen LogP contribution in [0, 0.1) is 6.92 Å². The Labute approximate surface area is 117 Å². The molecule has 20 heavy (non-hydrogen) atoms. The van der Waals surface area contributed by atoms with Gasteiger partial charge in [-0.2, -0.15) is 0 Å². The van der Waals surface area contributed by atoms with Crippen molar-refractivity contribution in [2.24, 2.45) is 0 Å². The zero-order valence-electron chi connectivity index (χ0n) is 11.5. The molecule has 0 atom stereocenters. The van der Waals surface area contributed by atoms with E-state index in [9.17, 15) is 9.90 Å². The minimum Gasteiger partial charge on any atom is -0.478 e. The van der Waals surface area contributed by atoms with Crippen molar-refractivity contribution in [2.75, 3.05) is 17.7 Å². The third-order valence-electron chi connectivity index (χ3n) is 3.01. The fourth-order valence-electron chi connectivity index (χ4n) is 2.06. The van der Waals surface area contributed by atoms with Crippen molar-refractivity contribution in [1.82, 2.24) is 4.98 Å². The summed E-state index contributed by atoms with van der Waals surface area (Å²) in [5.74, 6) is -0.968. The molecule has 0 aliphatic heterocycles. The number of nitrogens with zero attached hydrogens (tertiary/aromatic N) is 2. The van der Waals surface area contributed by atoms with E-state index >= 15 is 0 Å². The number of pyridine rings is 1. The number of anilines is 2. The Morgan fingerprint density at radius 3 is 2.75 bits per heavy atom. The SMILES string of the molecule is Cc1cccc(CN(C)c2cc(N)ccc2C(=O)O)n1. The van der Waals surface area contributed by atoms with Crippen molar-refractivity contribution < 1.29 is 9.90 Å². The van der Waals surface area contributed by atoms with Crippen LogP contribution in [-0.2, 0) is 6.54 Å². The minimum atomic E-state index is -0.968. The lowest BCUT2D eigenvalue weighted by molar-refractivity contribution is 0.0697. The van der Waals surface area contributed by atoms with Gasteiger partial charge >= 0.3 is 5.97 Å². The van der Waals surface area contributed by atoms with Crippen molar-refractivity contribution in [3.8, 4) is 0 Å². The average molecular weight is 271 g/mol. The summed E-state index contributed by atoms with van der Waals surface area (Å²) in [6.07, 6.45) is 0. The minimum absolute atomic E-state index is 0.231. The summed E-state index contributed by atoms with van der Waals surface area (Å²) in [6, 6.07) is 10.5. The van der Waals surface area contributed by atoms with Crippen LogP contribution in [0.3, 0.4) is 0 Å². The number of aromatic nitrogens is 1. The fourth-order valence-corrected chi connectivity index (χ4v) is 2.06. The van der Waals surface area contributed by atoms with E-state index in [0.29, 0.717) is 17.9 Å². The van der Waals surface area contributed by atoms with Gasteiger partial charge in [-0.1, -0.05) is 6.07 Å². The maximum absolute atomic E-state index is 11.3. The lowest BCUT2D eigenvalue weighted by Gasteiger charge is -2.21. The van der Waals surface area contributed by atoms with E-state index in [0.717, 1.165) is 11.4 Å². The van der Waals surface area contributed by atoms with Gasteiger partial charge in [0.2, 0.25) is 0 Å². The number of nitrogens with two attached hydrogens (primary N) is 1. The molecule has 0 radical (unpaired) electrons. The molecule has 1 heterocycles. The van der Waals surface area contributed by atoms with E-state index in [1.165, 1.54) is 6.07 Å². The number of carboxylic acids is 1. The van der Waals surface area contributed by atoms with Gasteiger partial charge in [0.25, 0.3) is 0 Å². The normalized spacial score (nSPS) is 10.3. The van der Waals surface area contributed by atoms with Crippen LogP contribution in [-0.4, -0.2) is 23.1 Å². The first-order valence-electron chi connectivity index (χ1n) is 6.24. The van der Waals surface area contributed by atoms with Gasteiger partial charge in [-0.25, -0.2) is 4.79 Å². The van der Waals surface area contributed by atoms with Gasteiger partial charge in [0.1, 0.15) is 0 Å². The van der Waals surface area contributed by atoms with Crippen LogP contribution in [0.15, 0.2) is 36.4 Å². The highest BCUT2D eigenvalue weighted by Crippen LogP contribution is 2.24. The second-order valence-corrected chi connectivity index (χ2v) is 4.71. The summed E-state index contributed by atoms with van der Waals surface area (Å²) >= 11 is 0. The average Bonchev–Trinajstić information content (AvgIpc) is 2.38. The second kappa shape index (κ2) is 5.61. The molecule has 5 heteroatoms. The summed E-state index contributed by atoms with van der Waals surface area (Å²) in [5, 5.41) is 9.23. The highest BCUT2D eigenvalue weighted by molar-refractivity contribution is 5.95. The number of carboxylic acid groups (broad SMARTS) is 1. The Bertz CT molecular complexity index is 641. The van der Waals surface area contributed by atoms with E-state index in [-0.39, 0.29) is 5.56 Å². The summed E-state index contributed by atoms with van der Waals surface area (Å²) in [6.45, 7) is 2.44. The second-order valence-electron chi connectivity index (χ2n) is 4.71. The van der Waals surface area contributed by atoms with Gasteiger partial charge in [-0.05, 0) is 37.3 Å². The number of hydrogen-bond donors (Lipinski definition) is 2. The predicted molar refractivity (Wildman–Crippen MR) is 78.9 cm³/mol. The van der Waals surface area contributed by atoms with Gasteiger partial charge in [0, 0.05) is 18.4 Å². The molecule has 0 spiro atoms. The third kappa shape index (κ3) is 3.06. The quantitative estimate of drug-likeness (QED) is 0.834. The molecule has 0 unspecified atom stereocenters. The van der Waals surface area contributed by atoms with E-state index in [1.54, 1.807) is 12.1 Å². The Hall–Kier alpha value is -2.56. The Kier molecular flexibility index (Phi) is 3.89. The van der Waals surface area contributed by atoms with Crippen LogP contribution in [0.5, 0.6) is 0 Å². The first kappa shape index (κ1) is 13.9. The van der Waals surface area contributed by atoms with E-state index < -0.39 is 5.97 Å². The van der Waals surface area contributed by atoms with E-state index in [2.05, 4.69) is 4.98 Å². The number of carbonyl (C=O) groups is 1. The Morgan fingerprint density at radius 2 is 2.10 bits per heavy atom. The molecule has 0 aliphatic carbocycles. The zero-order chi connectivity index (χ0) is 14.7. The van der Waals surface area contributed by atoms with Gasteiger partial charge in [-0.15, -0.1) is 0 Å². The molecular formula is C15H17N3O2. The molecule has 0 aliphatic rings. The van der Waals surface area contributed by atoms with Crippen molar-refractivity contribution in [2.45, 2.75) is 13.5 Å². The number of aryl methyl sites for hydroxylation is 1. The molecule has 0 bridgehead atoms. The Morgan fingerprint density at radius 1 is 1.35 bits per heavy atom. The molecule has 5 nitrogen and oxygen atoms in total. The summed E-state index contributed by atoms with van der Waals surface area (Å²) in [5.41, 5.74) is 8.91. The van der Waals surface area contributed by atoms with Gasteiger partial charge in [0.05, 0.1) is 23.5 Å². The maximum Gasteiger partial charge on any atom is 0.337 e. The smallest absolute Gasteiger partial charge is 0.337 e. The van der Waals surface area contributed by atoms with E-state index in [1.807, 2.05) is 37.1 Å². The van der Waals surface area contributed by atoms with Crippen LogP contribution in [0.4, 0.5) is 11.4 Å². The first-order valence-corrected chi connectivity index (χ1v) is 6.24. The molecule has 3 N–H and O–H groups in total. The number of nitrogen functional groups attached to an aromatic ring is 1. The van der Waals surface area contributed by atoms with E-state index in [4.69, 9.17) is 5.73 Å². The molecule has 104 valence electrons. The standard InChI is InChI=1S/C15H17N3O2/c1-10-4-3-5-12(17-10)9-18(2)14-8-11(16)6-7-13(14)15(19)20/h3-8H,9,16H2,1-2H3,(H,19,20). The first-order chi connectivity index (χ1) is 9.47. The number of hydrogen-bond acceptors (Lipinski definition) is 4. The number of aromatic carboxylic acids is 1. The molecule has 0 saturated heterocycles. The van der Waals surface area contributed by atoms with Crippen LogP contribution < -0.4 is 10.6 Å². The lowest BCUT2D eigenvalue weighted by Crippen LogP contribution is -2.20. The summed E-state index contributed by atoms with van der Waals surface area (Å²) in [7, 11) is 1.82. The molecule has 1 aromatic carbocycles. The molecule has 0 amide bonds. The summed E-state index contributed by atoms with van der Waals surface area (Å²) < 4.78 is 0. The molecule has 0 saturated carbocycles. The molecule has 2 rings (SSSR count). The van der Waals surface area contributed by atoms with Gasteiger partial charge < -0.3 is 15.7 Å². The molecular weight excluding hydrogens is 254 g/mol. The van der Waals surface area contributed by atoms with Gasteiger partial charge in [-0.3, -0.25) is 4.98 Å². The van der Waals surface area contributed by atoms with Crippen molar-refractivity contribution in [3.05, 3.63) is 53.3 Å². The summed E-state index contributed by atoms with van der Waals surface area (Å²) in [4.78, 5) is 17.5. The zero-order valence-corrected chi connectivity index (χ0v) is 11.5. The van der Waals surface area contributed by atoms with Crippen LogP contribution in [0.1, 0.15) is 21.7 Å².